The number of H-pyrrole nitrogens is 1. The van der Waals surface area contributed by atoms with Crippen LogP contribution in [0.2, 0.25) is 0 Å². The van der Waals surface area contributed by atoms with E-state index >= 15 is 4.39 Å². The number of para-hydroxylation sites is 2. The van der Waals surface area contributed by atoms with Gasteiger partial charge < -0.3 is 20.0 Å². The zero-order valence-electron chi connectivity index (χ0n) is 18.5. The number of nitrogens with zero attached hydrogens (tertiary/aromatic N) is 4. The third-order valence-electron chi connectivity index (χ3n) is 5.45. The van der Waals surface area contributed by atoms with Crippen LogP contribution in [0.15, 0.2) is 59.3 Å². The Morgan fingerprint density at radius 2 is 1.94 bits per heavy atom. The van der Waals surface area contributed by atoms with Crippen molar-refractivity contribution in [3.63, 3.8) is 0 Å². The minimum atomic E-state index is -1.85. The molecule has 0 aliphatic heterocycles. The summed E-state index contributed by atoms with van der Waals surface area (Å²) in [5, 5.41) is 6.12. The van der Waals surface area contributed by atoms with Gasteiger partial charge in [0.25, 0.3) is 0 Å². The van der Waals surface area contributed by atoms with Gasteiger partial charge in [0.15, 0.2) is 22.6 Å². The Balaban J connectivity index is 1.23. The van der Waals surface area contributed by atoms with Gasteiger partial charge in [-0.25, -0.2) is 23.7 Å². The number of hydrogen-bond acceptors (Lipinski definition) is 7. The summed E-state index contributed by atoms with van der Waals surface area (Å²) in [6.07, 6.45) is 3.66. The molecule has 8 nitrogen and oxygen atoms in total. The van der Waals surface area contributed by atoms with Crippen molar-refractivity contribution in [2.45, 2.75) is 25.6 Å². The molecule has 0 fully saturated rings. The molecule has 34 heavy (non-hydrogen) atoms. The first kappa shape index (κ1) is 21.9. The molecule has 1 unspecified atom stereocenters. The van der Waals surface area contributed by atoms with Gasteiger partial charge in [0.05, 0.1) is 23.3 Å². The van der Waals surface area contributed by atoms with Gasteiger partial charge in [-0.1, -0.05) is 12.1 Å². The van der Waals surface area contributed by atoms with E-state index in [1.54, 1.807) is 6.07 Å². The second-order valence-corrected chi connectivity index (χ2v) is 8.14. The number of halogens is 2. The average molecular weight is 463 g/mol. The van der Waals surface area contributed by atoms with Crippen LogP contribution in [0, 0.1) is 5.82 Å². The fourth-order valence-corrected chi connectivity index (χ4v) is 3.65. The maximum Gasteiger partial charge on any atom is 0.234 e. The molecule has 0 bridgehead atoms. The zero-order chi connectivity index (χ0) is 23.5. The number of anilines is 1. The molecule has 0 saturated carbocycles. The summed E-state index contributed by atoms with van der Waals surface area (Å²) in [6.45, 7) is 2.06. The Hall–Kier alpha value is -3.92. The normalized spacial score (nSPS) is 13.4. The molecule has 0 radical (unpaired) electrons. The first-order chi connectivity index (χ1) is 16.5. The summed E-state index contributed by atoms with van der Waals surface area (Å²) in [7, 11) is 0. The highest BCUT2D eigenvalue weighted by molar-refractivity contribution is 5.84. The number of aromatic amines is 1. The molecule has 4 aromatic heterocycles. The third kappa shape index (κ3) is 4.58. The maximum atomic E-state index is 15.4. The fourth-order valence-electron chi connectivity index (χ4n) is 3.65. The van der Waals surface area contributed by atoms with Crippen LogP contribution in [0.25, 0.3) is 22.1 Å². The molecule has 174 valence electrons. The molecular weight excluding hydrogens is 440 g/mol. The van der Waals surface area contributed by atoms with E-state index in [-0.39, 0.29) is 24.7 Å². The summed E-state index contributed by atoms with van der Waals surface area (Å²) in [6, 6.07) is 12.3. The van der Waals surface area contributed by atoms with Crippen LogP contribution in [-0.4, -0.2) is 38.0 Å². The van der Waals surface area contributed by atoms with E-state index in [4.69, 9.17) is 4.42 Å². The number of imidazole rings is 1. The van der Waals surface area contributed by atoms with Gasteiger partial charge in [-0.15, -0.1) is 0 Å². The predicted octanol–water partition coefficient (Wildman–Crippen LogP) is 4.26. The molecule has 0 aliphatic rings. The molecule has 1 aromatic carbocycles. The maximum absolute atomic E-state index is 15.4. The van der Waals surface area contributed by atoms with Crippen molar-refractivity contribution in [3.05, 3.63) is 78.1 Å². The van der Waals surface area contributed by atoms with Crippen molar-refractivity contribution in [3.8, 4) is 0 Å². The highest BCUT2D eigenvalue weighted by Crippen LogP contribution is 2.30. The summed E-state index contributed by atoms with van der Waals surface area (Å²) >= 11 is 0. The average Bonchev–Trinajstić information content (AvgIpc) is 3.46. The number of hydrogen-bond donors (Lipinski definition) is 3. The van der Waals surface area contributed by atoms with Gasteiger partial charge in [-0.3, -0.25) is 4.98 Å². The molecule has 0 aliphatic carbocycles. The van der Waals surface area contributed by atoms with Crippen LogP contribution in [0.3, 0.4) is 0 Å². The number of oxazole rings is 1. The van der Waals surface area contributed by atoms with E-state index in [0.717, 1.165) is 16.9 Å². The number of alkyl halides is 1. The van der Waals surface area contributed by atoms with Crippen molar-refractivity contribution in [1.29, 1.82) is 0 Å². The molecule has 10 heteroatoms. The van der Waals surface area contributed by atoms with Gasteiger partial charge in [-0.05, 0) is 31.2 Å². The third-order valence-corrected chi connectivity index (χ3v) is 5.45. The summed E-state index contributed by atoms with van der Waals surface area (Å²) in [4.78, 5) is 20.4. The van der Waals surface area contributed by atoms with Gasteiger partial charge in [0.1, 0.15) is 11.6 Å². The molecule has 5 rings (SSSR count). The van der Waals surface area contributed by atoms with Crippen molar-refractivity contribution in [2.75, 3.05) is 18.4 Å². The standard InChI is InChI=1S/C24H23F2N7O/c1-24(26,14-27-11-9-20-31-16-6-2-3-7-17(16)32-20)23-33-21-19(34-23)8-12-29-22(21)30-13-18-15(25)5-4-10-28-18/h2-8,10,12,27H,9,11,13-14H2,1H3,(H,29,30)(H,31,32). The molecule has 5 aromatic rings. The SMILES string of the molecule is CC(F)(CNCCc1nc2ccccc2[nH]1)c1nc2c(NCc3ncccc3F)nccc2o1. The molecule has 0 amide bonds. The monoisotopic (exact) mass is 463 g/mol. The lowest BCUT2D eigenvalue weighted by Gasteiger charge is -2.16. The smallest absolute Gasteiger partial charge is 0.234 e. The second kappa shape index (κ2) is 9.14. The first-order valence-corrected chi connectivity index (χ1v) is 10.9. The van der Waals surface area contributed by atoms with E-state index in [0.29, 0.717) is 29.9 Å². The van der Waals surface area contributed by atoms with Gasteiger partial charge in [-0.2, -0.15) is 0 Å². The van der Waals surface area contributed by atoms with Crippen LogP contribution in [0.4, 0.5) is 14.6 Å². The van der Waals surface area contributed by atoms with Crippen LogP contribution in [0.5, 0.6) is 0 Å². The van der Waals surface area contributed by atoms with Crippen molar-refractivity contribution in [1.82, 2.24) is 30.2 Å². The van der Waals surface area contributed by atoms with Crippen LogP contribution >= 0.6 is 0 Å². The number of rotatable bonds is 9. The molecule has 0 saturated heterocycles. The topological polar surface area (TPSA) is 105 Å². The van der Waals surface area contributed by atoms with Crippen molar-refractivity contribution < 1.29 is 13.2 Å². The molecule has 4 heterocycles. The van der Waals surface area contributed by atoms with Crippen LogP contribution in [0.1, 0.15) is 24.3 Å². The number of benzene rings is 1. The number of pyridine rings is 2. The minimum Gasteiger partial charge on any atom is -0.437 e. The minimum absolute atomic E-state index is 0.00931. The van der Waals surface area contributed by atoms with E-state index in [9.17, 15) is 4.39 Å². The Morgan fingerprint density at radius 3 is 2.79 bits per heavy atom. The van der Waals surface area contributed by atoms with Crippen LogP contribution in [-0.2, 0) is 18.6 Å². The Labute approximate surface area is 193 Å². The van der Waals surface area contributed by atoms with E-state index in [1.165, 1.54) is 31.5 Å². The van der Waals surface area contributed by atoms with Crippen LogP contribution < -0.4 is 10.6 Å². The highest BCUT2D eigenvalue weighted by atomic mass is 19.1. The molecule has 1 atom stereocenters. The predicted molar refractivity (Wildman–Crippen MR) is 124 cm³/mol. The second-order valence-electron chi connectivity index (χ2n) is 8.14. The lowest BCUT2D eigenvalue weighted by atomic mass is 10.1. The van der Waals surface area contributed by atoms with E-state index in [2.05, 4.69) is 35.6 Å². The number of aromatic nitrogens is 5. The lowest BCUT2D eigenvalue weighted by molar-refractivity contribution is 0.145. The zero-order valence-corrected chi connectivity index (χ0v) is 18.5. The van der Waals surface area contributed by atoms with Crippen molar-refractivity contribution in [2.24, 2.45) is 0 Å². The summed E-state index contributed by atoms with van der Waals surface area (Å²) < 4.78 is 35.0. The van der Waals surface area contributed by atoms with E-state index in [1.807, 2.05) is 24.3 Å². The first-order valence-electron chi connectivity index (χ1n) is 10.9. The Bertz CT molecular complexity index is 1400. The highest BCUT2D eigenvalue weighted by Gasteiger charge is 2.32. The van der Waals surface area contributed by atoms with Crippen molar-refractivity contribution >= 4 is 28.0 Å². The molecular formula is C24H23F2N7O. The Morgan fingerprint density at radius 1 is 1.06 bits per heavy atom. The molecule has 3 N–H and O–H groups in total. The quantitative estimate of drug-likeness (QED) is 0.281. The summed E-state index contributed by atoms with van der Waals surface area (Å²) in [5.74, 6) is 0.723. The van der Waals surface area contributed by atoms with E-state index < -0.39 is 11.5 Å². The number of fused-ring (bicyclic) bond motifs is 2. The van der Waals surface area contributed by atoms with Gasteiger partial charge >= 0.3 is 0 Å². The summed E-state index contributed by atoms with van der Waals surface area (Å²) in [5.41, 5.74) is 1.04. The van der Waals surface area contributed by atoms with Gasteiger partial charge in [0.2, 0.25) is 5.89 Å². The van der Waals surface area contributed by atoms with Gasteiger partial charge in [0, 0.05) is 38.0 Å². The Kier molecular flexibility index (Phi) is 5.89. The number of nitrogens with one attached hydrogen (secondary N) is 3. The largest absolute Gasteiger partial charge is 0.437 e. The lowest BCUT2D eigenvalue weighted by Crippen LogP contribution is -2.33. The fraction of sp³-hybridized carbons (Fsp3) is 0.250. The molecule has 0 spiro atoms.